The highest BCUT2D eigenvalue weighted by Gasteiger charge is 2.48. The highest BCUT2D eigenvalue weighted by atomic mass is 31.2. The van der Waals surface area contributed by atoms with Crippen LogP contribution in [0.1, 0.15) is 13.8 Å². The minimum atomic E-state index is -3.45. The van der Waals surface area contributed by atoms with Crippen molar-refractivity contribution in [2.45, 2.75) is 19.6 Å². The molecule has 1 aromatic rings. The van der Waals surface area contributed by atoms with Crippen molar-refractivity contribution in [3.05, 3.63) is 30.3 Å². The van der Waals surface area contributed by atoms with Crippen LogP contribution in [0.3, 0.4) is 0 Å². The summed E-state index contributed by atoms with van der Waals surface area (Å²) in [4.78, 5) is 13.3. The van der Waals surface area contributed by atoms with Crippen molar-refractivity contribution in [1.82, 2.24) is 0 Å². The lowest BCUT2D eigenvalue weighted by Gasteiger charge is -2.27. The molecule has 0 bridgehead atoms. The Morgan fingerprint density at radius 2 is 1.85 bits per heavy atom. The maximum absolute atomic E-state index is 12.8. The third-order valence-corrected chi connectivity index (χ3v) is 5.21. The third-order valence-electron chi connectivity index (χ3n) is 2.87. The number of anilines is 1. The van der Waals surface area contributed by atoms with E-state index < -0.39 is 19.5 Å². The molecule has 1 aliphatic heterocycles. The lowest BCUT2D eigenvalue weighted by Crippen LogP contribution is -2.34. The Bertz CT molecular complexity index is 497. The van der Waals surface area contributed by atoms with E-state index in [1.165, 1.54) is 4.90 Å². The number of amides is 1. The quantitative estimate of drug-likeness (QED) is 0.754. The van der Waals surface area contributed by atoms with Gasteiger partial charge in [0.1, 0.15) is 6.61 Å². The maximum Gasteiger partial charge on any atom is 0.415 e. The Morgan fingerprint density at radius 3 is 2.40 bits per heavy atom. The normalized spacial score (nSPS) is 19.2. The van der Waals surface area contributed by atoms with Crippen molar-refractivity contribution in [3.63, 3.8) is 0 Å². The van der Waals surface area contributed by atoms with Gasteiger partial charge in [-0.05, 0) is 26.0 Å². The van der Waals surface area contributed by atoms with Crippen LogP contribution in [0.5, 0.6) is 0 Å². The standard InChI is InChI=1S/C13H18NO5P/c1-3-18-20(16,19-4-2)12-10-17-13(15)14(12)11-8-6-5-7-9-11/h5-9,12H,3-4,10H2,1-2H3. The molecule has 0 N–H and O–H groups in total. The molecule has 2 rings (SSSR count). The fourth-order valence-electron chi connectivity index (χ4n) is 2.08. The number of ether oxygens (including phenoxy) is 1. The summed E-state index contributed by atoms with van der Waals surface area (Å²) in [7, 11) is -3.45. The molecule has 0 spiro atoms. The molecule has 0 aliphatic carbocycles. The van der Waals surface area contributed by atoms with Crippen molar-refractivity contribution in [2.75, 3.05) is 24.7 Å². The molecule has 1 aromatic carbocycles. The number of para-hydroxylation sites is 1. The molecule has 110 valence electrons. The van der Waals surface area contributed by atoms with Crippen molar-refractivity contribution in [1.29, 1.82) is 0 Å². The molecule has 0 saturated carbocycles. The molecule has 1 fully saturated rings. The minimum absolute atomic E-state index is 0.00892. The van der Waals surface area contributed by atoms with Crippen LogP contribution in [0.2, 0.25) is 0 Å². The lowest BCUT2D eigenvalue weighted by molar-refractivity contribution is 0.177. The van der Waals surface area contributed by atoms with Crippen LogP contribution in [-0.2, 0) is 18.3 Å². The van der Waals surface area contributed by atoms with Crippen LogP contribution >= 0.6 is 7.60 Å². The molecule has 1 heterocycles. The molecule has 0 radical (unpaired) electrons. The summed E-state index contributed by atoms with van der Waals surface area (Å²) in [6.45, 7) is 3.94. The zero-order valence-electron chi connectivity index (χ0n) is 11.5. The molecule has 1 aliphatic rings. The van der Waals surface area contributed by atoms with Gasteiger partial charge in [0.15, 0.2) is 5.78 Å². The van der Waals surface area contributed by atoms with Gasteiger partial charge in [0, 0.05) is 5.69 Å². The first-order valence-electron chi connectivity index (χ1n) is 6.52. The first-order chi connectivity index (χ1) is 9.62. The fraction of sp³-hybridized carbons (Fsp3) is 0.462. The van der Waals surface area contributed by atoms with Crippen molar-refractivity contribution in [2.24, 2.45) is 0 Å². The number of cyclic esters (lactones) is 1. The Hall–Kier alpha value is -1.36. The molecule has 1 atom stereocenters. The summed E-state index contributed by atoms with van der Waals surface area (Å²) in [5, 5.41) is 0. The number of hydrogen-bond donors (Lipinski definition) is 0. The molecule has 1 saturated heterocycles. The SMILES string of the molecule is CCOP(=O)(OCC)C1COC(=O)N1c1ccccc1. The van der Waals surface area contributed by atoms with Gasteiger partial charge in [0.2, 0.25) is 0 Å². The first kappa shape index (κ1) is 15.0. The van der Waals surface area contributed by atoms with Gasteiger partial charge in [-0.15, -0.1) is 0 Å². The number of hydrogen-bond acceptors (Lipinski definition) is 5. The Balaban J connectivity index is 2.34. The van der Waals surface area contributed by atoms with Crippen LogP contribution < -0.4 is 4.90 Å². The number of rotatable bonds is 6. The second-order valence-electron chi connectivity index (χ2n) is 4.14. The second-order valence-corrected chi connectivity index (χ2v) is 6.33. The molecular weight excluding hydrogens is 281 g/mol. The van der Waals surface area contributed by atoms with Gasteiger partial charge in [-0.2, -0.15) is 0 Å². The largest absolute Gasteiger partial charge is 0.446 e. The van der Waals surface area contributed by atoms with E-state index >= 15 is 0 Å². The van der Waals surface area contributed by atoms with Crippen molar-refractivity contribution in [3.8, 4) is 0 Å². The van der Waals surface area contributed by atoms with Crippen LogP contribution in [0.25, 0.3) is 0 Å². The van der Waals surface area contributed by atoms with E-state index in [-0.39, 0.29) is 19.8 Å². The molecule has 1 amide bonds. The van der Waals surface area contributed by atoms with Gasteiger partial charge >= 0.3 is 13.7 Å². The Labute approximate surface area is 118 Å². The Kier molecular flexibility index (Phi) is 4.81. The van der Waals surface area contributed by atoms with Crippen LogP contribution in [-0.4, -0.2) is 31.7 Å². The summed E-state index contributed by atoms with van der Waals surface area (Å²) in [5.41, 5.74) is 0.611. The number of benzene rings is 1. The summed E-state index contributed by atoms with van der Waals surface area (Å²) >= 11 is 0. The van der Waals surface area contributed by atoms with Crippen LogP contribution in [0.4, 0.5) is 10.5 Å². The predicted molar refractivity (Wildman–Crippen MR) is 74.9 cm³/mol. The number of carbonyl (C=O) groups excluding carboxylic acids is 1. The lowest BCUT2D eigenvalue weighted by atomic mass is 10.3. The highest BCUT2D eigenvalue weighted by Crippen LogP contribution is 2.56. The van der Waals surface area contributed by atoms with E-state index in [1.807, 2.05) is 6.07 Å². The molecule has 7 heteroatoms. The zero-order chi connectivity index (χ0) is 14.6. The van der Waals surface area contributed by atoms with Gasteiger partial charge < -0.3 is 13.8 Å². The summed E-state index contributed by atoms with van der Waals surface area (Å²) in [6, 6.07) is 8.93. The fourth-order valence-corrected chi connectivity index (χ4v) is 3.99. The van der Waals surface area contributed by atoms with Gasteiger partial charge in [-0.1, -0.05) is 18.2 Å². The van der Waals surface area contributed by atoms with E-state index in [4.69, 9.17) is 13.8 Å². The molecule has 20 heavy (non-hydrogen) atoms. The average molecular weight is 299 g/mol. The number of nitrogens with zero attached hydrogens (tertiary/aromatic N) is 1. The van der Waals surface area contributed by atoms with E-state index in [0.717, 1.165) is 0 Å². The smallest absolute Gasteiger partial charge is 0.415 e. The van der Waals surface area contributed by atoms with E-state index in [2.05, 4.69) is 0 Å². The Morgan fingerprint density at radius 1 is 1.25 bits per heavy atom. The monoisotopic (exact) mass is 299 g/mol. The second kappa shape index (κ2) is 6.39. The van der Waals surface area contributed by atoms with Crippen molar-refractivity contribution >= 4 is 19.4 Å². The maximum atomic E-state index is 12.8. The molecule has 0 aromatic heterocycles. The van der Waals surface area contributed by atoms with E-state index in [0.29, 0.717) is 5.69 Å². The van der Waals surface area contributed by atoms with Gasteiger partial charge in [-0.3, -0.25) is 9.46 Å². The molecular formula is C13H18NO5P. The summed E-state index contributed by atoms with van der Waals surface area (Å²) in [6.07, 6.45) is -0.541. The topological polar surface area (TPSA) is 65.1 Å². The van der Waals surface area contributed by atoms with Crippen molar-refractivity contribution < 1.29 is 23.1 Å². The summed E-state index contributed by atoms with van der Waals surface area (Å²) < 4.78 is 28.5. The molecule has 1 unspecified atom stereocenters. The van der Waals surface area contributed by atoms with E-state index in [1.54, 1.807) is 38.1 Å². The zero-order valence-corrected chi connectivity index (χ0v) is 12.4. The number of carbonyl (C=O) groups is 1. The van der Waals surface area contributed by atoms with Gasteiger partial charge in [0.05, 0.1) is 13.2 Å². The van der Waals surface area contributed by atoms with Gasteiger partial charge in [0.25, 0.3) is 0 Å². The van der Waals surface area contributed by atoms with Crippen LogP contribution in [0, 0.1) is 0 Å². The molecule has 6 nitrogen and oxygen atoms in total. The first-order valence-corrected chi connectivity index (χ1v) is 8.13. The summed E-state index contributed by atoms with van der Waals surface area (Å²) in [5.74, 6) is -0.753. The van der Waals surface area contributed by atoms with E-state index in [9.17, 15) is 9.36 Å². The average Bonchev–Trinajstić information content (AvgIpc) is 2.83. The van der Waals surface area contributed by atoms with Gasteiger partial charge in [-0.25, -0.2) is 4.79 Å². The minimum Gasteiger partial charge on any atom is -0.446 e. The highest BCUT2D eigenvalue weighted by molar-refractivity contribution is 7.54. The third kappa shape index (κ3) is 2.87. The van der Waals surface area contributed by atoms with Crippen LogP contribution in [0.15, 0.2) is 30.3 Å². The predicted octanol–water partition coefficient (Wildman–Crippen LogP) is 3.24.